The first-order valence-electron chi connectivity index (χ1n) is 13.5. The minimum Gasteiger partial charge on any atom is -0.481 e. The monoisotopic (exact) mass is 513 g/mol. The Balaban J connectivity index is 1.30. The molecule has 4 aromatic rings. The zero-order chi connectivity index (χ0) is 26.5. The Morgan fingerprint density at radius 2 is 1.79 bits per heavy atom. The quantitative estimate of drug-likeness (QED) is 0.299. The summed E-state index contributed by atoms with van der Waals surface area (Å²) in [6.07, 6.45) is 6.29. The molecule has 1 saturated carbocycles. The van der Waals surface area contributed by atoms with E-state index in [2.05, 4.69) is 69.5 Å². The number of hydrogen-bond donors (Lipinski definition) is 2. The fourth-order valence-electron chi connectivity index (χ4n) is 5.40. The summed E-state index contributed by atoms with van der Waals surface area (Å²) in [5.74, 6) is 2.79. The number of nitrogens with one attached hydrogen (secondary N) is 1. The van der Waals surface area contributed by atoms with Gasteiger partial charge in [-0.2, -0.15) is 5.10 Å². The summed E-state index contributed by atoms with van der Waals surface area (Å²) in [5.41, 5.74) is 4.28. The van der Waals surface area contributed by atoms with Gasteiger partial charge in [0.1, 0.15) is 5.82 Å². The molecule has 38 heavy (non-hydrogen) atoms. The van der Waals surface area contributed by atoms with E-state index < -0.39 is 5.97 Å². The van der Waals surface area contributed by atoms with Crippen LogP contribution >= 0.6 is 0 Å². The highest BCUT2D eigenvalue weighted by molar-refractivity contribution is 5.80. The third kappa shape index (κ3) is 6.15. The van der Waals surface area contributed by atoms with Crippen molar-refractivity contribution in [1.29, 1.82) is 0 Å². The zero-order valence-corrected chi connectivity index (χ0v) is 22.0. The highest BCUT2D eigenvalue weighted by Gasteiger charge is 2.26. The van der Waals surface area contributed by atoms with Crippen LogP contribution in [0.4, 0.5) is 0 Å². The van der Waals surface area contributed by atoms with Crippen molar-refractivity contribution >= 4 is 5.97 Å². The lowest BCUT2D eigenvalue weighted by molar-refractivity contribution is -0.143. The predicted molar refractivity (Wildman–Crippen MR) is 144 cm³/mol. The van der Waals surface area contributed by atoms with Crippen LogP contribution in [0.25, 0.3) is 22.5 Å². The second kappa shape index (κ2) is 11.7. The van der Waals surface area contributed by atoms with Crippen molar-refractivity contribution in [3.63, 3.8) is 0 Å². The number of carboxylic acids is 1. The first kappa shape index (κ1) is 25.8. The van der Waals surface area contributed by atoms with Crippen molar-refractivity contribution < 1.29 is 9.90 Å². The number of rotatable bonds is 10. The molecular weight excluding hydrogens is 478 g/mol. The first-order chi connectivity index (χ1) is 18.5. The molecule has 1 aliphatic carbocycles. The van der Waals surface area contributed by atoms with Crippen LogP contribution in [0.2, 0.25) is 0 Å². The molecule has 0 atom stereocenters. The van der Waals surface area contributed by atoms with Crippen LogP contribution in [0, 0.1) is 17.8 Å². The fourth-order valence-corrected chi connectivity index (χ4v) is 5.40. The van der Waals surface area contributed by atoms with Crippen LogP contribution in [0.15, 0.2) is 48.5 Å². The number of benzene rings is 2. The second-order valence-corrected chi connectivity index (χ2v) is 10.8. The maximum Gasteiger partial charge on any atom is 0.306 e. The van der Waals surface area contributed by atoms with Crippen LogP contribution in [0.1, 0.15) is 63.2 Å². The topological polar surface area (TPSA) is 122 Å². The average molecular weight is 514 g/mol. The zero-order valence-electron chi connectivity index (χ0n) is 22.0. The van der Waals surface area contributed by atoms with Crippen molar-refractivity contribution in [2.24, 2.45) is 17.8 Å². The molecule has 0 unspecified atom stereocenters. The minimum atomic E-state index is -0.647. The van der Waals surface area contributed by atoms with Crippen molar-refractivity contribution in [1.82, 2.24) is 35.4 Å². The summed E-state index contributed by atoms with van der Waals surface area (Å²) in [6.45, 7) is 5.04. The number of carboxylic acid groups (broad SMARTS) is 1. The number of tetrazole rings is 1. The highest BCUT2D eigenvalue weighted by atomic mass is 16.4. The van der Waals surface area contributed by atoms with Crippen LogP contribution in [0.3, 0.4) is 0 Å². The van der Waals surface area contributed by atoms with Crippen molar-refractivity contribution in [2.75, 3.05) is 0 Å². The van der Waals surface area contributed by atoms with Gasteiger partial charge in [-0.05, 0) is 71.1 Å². The van der Waals surface area contributed by atoms with E-state index in [0.717, 1.165) is 78.8 Å². The van der Waals surface area contributed by atoms with Gasteiger partial charge in [0, 0.05) is 18.4 Å². The van der Waals surface area contributed by atoms with Gasteiger partial charge in [-0.3, -0.25) is 4.79 Å². The molecule has 0 bridgehead atoms. The Labute approximate surface area is 222 Å². The van der Waals surface area contributed by atoms with Gasteiger partial charge >= 0.3 is 5.97 Å². The average Bonchev–Trinajstić information content (AvgIpc) is 3.58. The largest absolute Gasteiger partial charge is 0.481 e. The SMILES string of the molecule is CC(C)Cc1nc(CCC2CCC(C(=O)O)CC2)n(Cc2ccc(-c3ccccc3-c3nnn[nH]3)cc2)n1. The van der Waals surface area contributed by atoms with Crippen LogP contribution < -0.4 is 0 Å². The molecule has 0 aliphatic heterocycles. The van der Waals surface area contributed by atoms with E-state index in [-0.39, 0.29) is 5.92 Å². The third-order valence-electron chi connectivity index (χ3n) is 7.48. The number of aromatic amines is 1. The van der Waals surface area contributed by atoms with Gasteiger partial charge in [0.15, 0.2) is 11.6 Å². The number of nitrogens with zero attached hydrogens (tertiary/aromatic N) is 6. The molecule has 0 radical (unpaired) electrons. The van der Waals surface area contributed by atoms with Crippen LogP contribution in [-0.4, -0.2) is 46.5 Å². The van der Waals surface area contributed by atoms with Gasteiger partial charge < -0.3 is 5.11 Å². The molecule has 2 heterocycles. The van der Waals surface area contributed by atoms with Crippen LogP contribution in [0.5, 0.6) is 0 Å². The molecule has 0 spiro atoms. The molecule has 2 aromatic heterocycles. The van der Waals surface area contributed by atoms with E-state index in [1.807, 2.05) is 18.2 Å². The summed E-state index contributed by atoms with van der Waals surface area (Å²) in [4.78, 5) is 16.2. The van der Waals surface area contributed by atoms with E-state index in [4.69, 9.17) is 10.1 Å². The first-order valence-corrected chi connectivity index (χ1v) is 13.5. The van der Waals surface area contributed by atoms with E-state index in [9.17, 15) is 9.90 Å². The summed E-state index contributed by atoms with van der Waals surface area (Å²) >= 11 is 0. The lowest BCUT2D eigenvalue weighted by Crippen LogP contribution is -2.22. The van der Waals surface area contributed by atoms with Gasteiger partial charge in [-0.25, -0.2) is 14.8 Å². The molecular formula is C29H35N7O2. The van der Waals surface area contributed by atoms with Gasteiger partial charge in [0.2, 0.25) is 0 Å². The summed E-state index contributed by atoms with van der Waals surface area (Å²) < 4.78 is 2.06. The van der Waals surface area contributed by atoms with Crippen LogP contribution in [-0.2, 0) is 24.2 Å². The molecule has 2 aromatic carbocycles. The molecule has 0 saturated heterocycles. The maximum absolute atomic E-state index is 11.3. The molecule has 1 fully saturated rings. The molecule has 0 amide bonds. The number of H-pyrrole nitrogens is 1. The van der Waals surface area contributed by atoms with E-state index >= 15 is 0 Å². The van der Waals surface area contributed by atoms with Gasteiger partial charge in [0.05, 0.1) is 12.5 Å². The summed E-state index contributed by atoms with van der Waals surface area (Å²) in [6, 6.07) is 16.6. The minimum absolute atomic E-state index is 0.171. The smallest absolute Gasteiger partial charge is 0.306 e. The molecule has 198 valence electrons. The number of aryl methyl sites for hydroxylation is 1. The fraction of sp³-hybridized carbons (Fsp3) is 0.448. The van der Waals surface area contributed by atoms with Crippen molar-refractivity contribution in [2.45, 2.75) is 65.3 Å². The number of aliphatic carboxylic acids is 1. The van der Waals surface area contributed by atoms with E-state index in [0.29, 0.717) is 24.2 Å². The van der Waals surface area contributed by atoms with Gasteiger partial charge in [0.25, 0.3) is 0 Å². The standard InChI is InChI=1S/C29H35N7O2/c1-19(2)17-26-30-27(16-11-20-7-14-23(15-8-20)29(37)38)36(33-26)18-21-9-12-22(13-10-21)24-5-3-4-6-25(24)28-31-34-35-32-28/h3-6,9-10,12-13,19-20,23H,7-8,11,14-18H2,1-2H3,(H,37,38)(H,31,32,34,35). The lowest BCUT2D eigenvalue weighted by Gasteiger charge is -2.25. The molecule has 9 nitrogen and oxygen atoms in total. The number of hydrogen-bond acceptors (Lipinski definition) is 6. The number of carbonyl (C=O) groups is 1. The third-order valence-corrected chi connectivity index (χ3v) is 7.48. The summed E-state index contributed by atoms with van der Waals surface area (Å²) in [5, 5.41) is 28.5. The molecule has 5 rings (SSSR count). The maximum atomic E-state index is 11.3. The Morgan fingerprint density at radius 3 is 2.45 bits per heavy atom. The Bertz CT molecular complexity index is 1340. The Morgan fingerprint density at radius 1 is 1.05 bits per heavy atom. The normalized spacial score (nSPS) is 17.7. The van der Waals surface area contributed by atoms with Gasteiger partial charge in [-0.15, -0.1) is 5.10 Å². The second-order valence-electron chi connectivity index (χ2n) is 10.8. The molecule has 1 aliphatic rings. The summed E-state index contributed by atoms with van der Waals surface area (Å²) in [7, 11) is 0. The van der Waals surface area contributed by atoms with E-state index in [1.165, 1.54) is 0 Å². The van der Waals surface area contributed by atoms with Crippen molar-refractivity contribution in [3.8, 4) is 22.5 Å². The highest BCUT2D eigenvalue weighted by Crippen LogP contribution is 2.32. The molecule has 2 N–H and O–H groups in total. The predicted octanol–water partition coefficient (Wildman–Crippen LogP) is 5.20. The Kier molecular flexibility index (Phi) is 7.91. The number of aromatic nitrogens is 7. The molecule has 9 heteroatoms. The lowest BCUT2D eigenvalue weighted by atomic mass is 9.80. The van der Waals surface area contributed by atoms with Crippen molar-refractivity contribution in [3.05, 3.63) is 65.7 Å². The Hall–Kier alpha value is -3.88. The van der Waals surface area contributed by atoms with Gasteiger partial charge in [-0.1, -0.05) is 62.4 Å². The van der Waals surface area contributed by atoms with E-state index in [1.54, 1.807) is 0 Å².